The zero-order valence-corrected chi connectivity index (χ0v) is 21.2. The zero-order valence-electron chi connectivity index (χ0n) is 20.4. The summed E-state index contributed by atoms with van der Waals surface area (Å²) in [5.74, 6) is -0.396. The van der Waals surface area contributed by atoms with Gasteiger partial charge < -0.3 is 5.73 Å². The molecule has 31 heavy (non-hydrogen) atoms. The topological polar surface area (TPSA) is 75.4 Å². The predicted molar refractivity (Wildman–Crippen MR) is 135 cm³/mol. The Balaban J connectivity index is 3.84. The highest BCUT2D eigenvalue weighted by atomic mass is 32.1. The maximum absolute atomic E-state index is 12.4. The minimum absolute atomic E-state index is 0.0821. The van der Waals surface area contributed by atoms with Crippen molar-refractivity contribution in [3.8, 4) is 0 Å². The molecule has 0 aromatic rings. The molecule has 0 aromatic heterocycles. The van der Waals surface area contributed by atoms with Crippen molar-refractivity contribution in [2.75, 3.05) is 0 Å². The molecule has 0 aliphatic heterocycles. The molecule has 182 valence electrons. The highest BCUT2D eigenvalue weighted by Crippen LogP contribution is 2.12. The second-order valence-electron chi connectivity index (χ2n) is 8.76. The number of nitrogens with two attached hydrogens (primary N) is 1. The molecule has 0 saturated heterocycles. The molecule has 0 fully saturated rings. The summed E-state index contributed by atoms with van der Waals surface area (Å²) in [6.45, 7) is 4.46. The number of thiocarbonyl (C=S) groups is 1. The number of hydrazine groups is 1. The highest BCUT2D eigenvalue weighted by Gasteiger charge is 2.18. The molecular weight excluding hydrogens is 406 g/mol. The average molecular weight is 456 g/mol. The number of unbranched alkanes of at least 4 members (excludes halogenated alkanes) is 16. The molecule has 0 saturated carbocycles. The Kier molecular flexibility index (Phi) is 21.2. The summed E-state index contributed by atoms with van der Waals surface area (Å²) in [5.41, 5.74) is 8.26. The number of amides is 2. The van der Waals surface area contributed by atoms with E-state index in [1.165, 1.54) is 77.0 Å². The van der Waals surface area contributed by atoms with Gasteiger partial charge in [0.1, 0.15) is 0 Å². The van der Waals surface area contributed by atoms with E-state index >= 15 is 0 Å². The van der Waals surface area contributed by atoms with E-state index in [9.17, 15) is 9.59 Å². The van der Waals surface area contributed by atoms with Crippen molar-refractivity contribution in [2.24, 2.45) is 5.73 Å². The van der Waals surface area contributed by atoms with Crippen LogP contribution in [0.15, 0.2) is 0 Å². The smallest absolute Gasteiger partial charge is 0.247 e. The van der Waals surface area contributed by atoms with Gasteiger partial charge in [0.2, 0.25) is 11.8 Å². The van der Waals surface area contributed by atoms with Gasteiger partial charge in [-0.05, 0) is 25.1 Å². The van der Waals surface area contributed by atoms with Crippen molar-refractivity contribution < 1.29 is 9.59 Å². The monoisotopic (exact) mass is 455 g/mol. The van der Waals surface area contributed by atoms with Crippen molar-refractivity contribution >= 4 is 29.1 Å². The van der Waals surface area contributed by atoms with Crippen LogP contribution in [0, 0.1) is 0 Å². The van der Waals surface area contributed by atoms with Crippen LogP contribution in [-0.4, -0.2) is 21.9 Å². The van der Waals surface area contributed by atoms with Gasteiger partial charge in [0.05, 0.1) is 0 Å². The molecule has 0 aromatic carbocycles. The van der Waals surface area contributed by atoms with Crippen LogP contribution in [0.4, 0.5) is 0 Å². The maximum Gasteiger partial charge on any atom is 0.247 e. The van der Waals surface area contributed by atoms with Gasteiger partial charge in [-0.25, -0.2) is 0 Å². The van der Waals surface area contributed by atoms with Gasteiger partial charge in [0, 0.05) is 12.8 Å². The number of nitrogens with zero attached hydrogens (tertiary/aromatic N) is 1. The van der Waals surface area contributed by atoms with Crippen LogP contribution in [0.2, 0.25) is 0 Å². The minimum Gasteiger partial charge on any atom is -0.374 e. The van der Waals surface area contributed by atoms with Crippen molar-refractivity contribution in [2.45, 2.75) is 142 Å². The summed E-state index contributed by atoms with van der Waals surface area (Å²) < 4.78 is 0. The van der Waals surface area contributed by atoms with Crippen LogP contribution in [0.1, 0.15) is 142 Å². The van der Waals surface area contributed by atoms with Gasteiger partial charge in [-0.1, -0.05) is 117 Å². The predicted octanol–water partition coefficient (Wildman–Crippen LogP) is 6.93. The van der Waals surface area contributed by atoms with E-state index < -0.39 is 0 Å². The molecular formula is C25H49N3O2S. The Bertz CT molecular complexity index is 472. The number of rotatable bonds is 20. The standard InChI is InChI=1S/C25H49N3O2S/c1-3-5-7-9-11-13-15-17-19-21-23(29)27-28(25(26)31)24(30)22-20-18-16-14-12-10-8-6-4-2/h3-22H2,1-2H3,(H2,26,31)(H,27,29). The third-order valence-electron chi connectivity index (χ3n) is 5.71. The summed E-state index contributed by atoms with van der Waals surface area (Å²) in [6.07, 6.45) is 22.3. The van der Waals surface area contributed by atoms with Crippen LogP contribution < -0.4 is 11.2 Å². The molecule has 0 spiro atoms. The second kappa shape index (κ2) is 22.0. The minimum atomic E-state index is -0.212. The fourth-order valence-corrected chi connectivity index (χ4v) is 3.86. The fraction of sp³-hybridized carbons (Fsp3) is 0.880. The van der Waals surface area contributed by atoms with E-state index in [1.807, 2.05) is 0 Å². The molecule has 0 aliphatic rings. The Morgan fingerprint density at radius 2 is 1.00 bits per heavy atom. The number of carbonyl (C=O) groups is 2. The Labute approximate surface area is 197 Å². The first-order valence-electron chi connectivity index (χ1n) is 12.9. The van der Waals surface area contributed by atoms with Gasteiger partial charge in [-0.2, -0.15) is 5.01 Å². The molecule has 5 nitrogen and oxygen atoms in total. The molecule has 2 amide bonds. The normalized spacial score (nSPS) is 10.8. The van der Waals surface area contributed by atoms with E-state index in [-0.39, 0.29) is 16.9 Å². The van der Waals surface area contributed by atoms with Crippen molar-refractivity contribution in [1.82, 2.24) is 10.4 Å². The average Bonchev–Trinajstić information content (AvgIpc) is 2.74. The van der Waals surface area contributed by atoms with E-state index in [1.54, 1.807) is 0 Å². The van der Waals surface area contributed by atoms with E-state index in [2.05, 4.69) is 19.3 Å². The summed E-state index contributed by atoms with van der Waals surface area (Å²) in [6, 6.07) is 0. The molecule has 0 aliphatic carbocycles. The van der Waals surface area contributed by atoms with Crippen LogP contribution in [0.3, 0.4) is 0 Å². The lowest BCUT2D eigenvalue weighted by Crippen LogP contribution is -2.52. The summed E-state index contributed by atoms with van der Waals surface area (Å²) in [7, 11) is 0. The van der Waals surface area contributed by atoms with Crippen molar-refractivity contribution in [1.29, 1.82) is 0 Å². The zero-order chi connectivity index (χ0) is 23.2. The second-order valence-corrected chi connectivity index (χ2v) is 9.18. The molecule has 0 unspecified atom stereocenters. The SMILES string of the molecule is CCCCCCCCCCCC(=O)NN(C(=O)CCCCCCCCCCC)C(N)=S. The molecule has 0 atom stereocenters. The molecule has 6 heteroatoms. The van der Waals surface area contributed by atoms with Crippen LogP contribution in [-0.2, 0) is 9.59 Å². The van der Waals surface area contributed by atoms with Gasteiger partial charge in [-0.3, -0.25) is 15.0 Å². The molecule has 3 N–H and O–H groups in total. The Hall–Kier alpha value is -1.17. The quantitative estimate of drug-likeness (QED) is 0.118. The summed E-state index contributed by atoms with van der Waals surface area (Å²) >= 11 is 4.96. The lowest BCUT2D eigenvalue weighted by molar-refractivity contribution is -0.136. The van der Waals surface area contributed by atoms with E-state index in [0.717, 1.165) is 43.5 Å². The van der Waals surface area contributed by atoms with Crippen LogP contribution in [0.25, 0.3) is 0 Å². The number of hydrogen-bond acceptors (Lipinski definition) is 3. The fourth-order valence-electron chi connectivity index (χ4n) is 3.72. The molecule has 0 bridgehead atoms. The number of nitrogens with one attached hydrogen (secondary N) is 1. The van der Waals surface area contributed by atoms with Gasteiger partial charge >= 0.3 is 0 Å². The molecule has 0 heterocycles. The van der Waals surface area contributed by atoms with E-state index in [4.69, 9.17) is 18.0 Å². The molecule has 0 radical (unpaired) electrons. The first-order chi connectivity index (χ1) is 15.0. The number of carbonyl (C=O) groups excluding carboxylic acids is 2. The first kappa shape index (κ1) is 29.8. The van der Waals surface area contributed by atoms with Gasteiger partial charge in [0.15, 0.2) is 5.11 Å². The Morgan fingerprint density at radius 1 is 0.645 bits per heavy atom. The lowest BCUT2D eigenvalue weighted by atomic mass is 10.1. The lowest BCUT2D eigenvalue weighted by Gasteiger charge is -2.21. The highest BCUT2D eigenvalue weighted by molar-refractivity contribution is 7.80. The maximum atomic E-state index is 12.4. The van der Waals surface area contributed by atoms with E-state index in [0.29, 0.717) is 12.8 Å². The largest absolute Gasteiger partial charge is 0.374 e. The number of hydrogen-bond donors (Lipinski definition) is 2. The summed E-state index contributed by atoms with van der Waals surface area (Å²) in [5, 5.41) is 0.984. The Morgan fingerprint density at radius 3 is 1.39 bits per heavy atom. The van der Waals surface area contributed by atoms with Crippen molar-refractivity contribution in [3.05, 3.63) is 0 Å². The van der Waals surface area contributed by atoms with Gasteiger partial charge in [-0.15, -0.1) is 0 Å². The van der Waals surface area contributed by atoms with Gasteiger partial charge in [0.25, 0.3) is 0 Å². The summed E-state index contributed by atoms with van der Waals surface area (Å²) in [4.78, 5) is 24.6. The third kappa shape index (κ3) is 19.3. The molecule has 0 rings (SSSR count). The van der Waals surface area contributed by atoms with Crippen molar-refractivity contribution in [3.63, 3.8) is 0 Å². The third-order valence-corrected chi connectivity index (χ3v) is 5.89. The van der Waals surface area contributed by atoms with Crippen LogP contribution >= 0.6 is 12.2 Å². The first-order valence-corrected chi connectivity index (χ1v) is 13.4. The van der Waals surface area contributed by atoms with Crippen LogP contribution in [0.5, 0.6) is 0 Å².